The summed E-state index contributed by atoms with van der Waals surface area (Å²) in [4.78, 5) is 0. The minimum absolute atomic E-state index is 0.175. The van der Waals surface area contributed by atoms with E-state index in [2.05, 4.69) is 8.37 Å². The highest BCUT2D eigenvalue weighted by Crippen LogP contribution is 2.26. The molecule has 0 radical (unpaired) electrons. The van der Waals surface area contributed by atoms with Gasteiger partial charge in [-0.15, -0.1) is 0 Å². The molecule has 2 aromatic carbocycles. The average molecular weight is 611 g/mol. The minimum atomic E-state index is -5.95. The Morgan fingerprint density at radius 3 is 1.21 bits per heavy atom. The van der Waals surface area contributed by atoms with Crippen molar-refractivity contribution >= 4 is 20.2 Å². The van der Waals surface area contributed by atoms with Gasteiger partial charge < -0.3 is 14.2 Å². The second-order valence-corrected chi connectivity index (χ2v) is 11.0. The Labute approximate surface area is 220 Å². The summed E-state index contributed by atoms with van der Waals surface area (Å²) in [6.07, 6.45) is -2.78. The zero-order valence-electron chi connectivity index (χ0n) is 19.9. The van der Waals surface area contributed by atoms with Gasteiger partial charge in [0.2, 0.25) is 0 Å². The Morgan fingerprint density at radius 1 is 0.564 bits per heavy atom. The van der Waals surface area contributed by atoms with E-state index in [4.69, 9.17) is 14.2 Å². The molecule has 220 valence electrons. The highest BCUT2D eigenvalue weighted by molar-refractivity contribution is 7.87. The molecule has 0 spiro atoms. The van der Waals surface area contributed by atoms with Gasteiger partial charge in [0, 0.05) is 0 Å². The molecular weight excluding hydrogens is 586 g/mol. The van der Waals surface area contributed by atoms with Gasteiger partial charge in [0.1, 0.15) is 12.2 Å². The molecule has 39 heavy (non-hydrogen) atoms. The third-order valence-corrected chi connectivity index (χ3v) is 6.68. The number of alkyl halides is 6. The van der Waals surface area contributed by atoms with Crippen LogP contribution in [0.3, 0.4) is 0 Å². The van der Waals surface area contributed by atoms with E-state index in [0.717, 1.165) is 0 Å². The van der Waals surface area contributed by atoms with E-state index < -0.39 is 69.9 Å². The van der Waals surface area contributed by atoms with Crippen molar-refractivity contribution in [2.75, 3.05) is 26.4 Å². The maximum atomic E-state index is 12.6. The molecule has 0 heterocycles. The van der Waals surface area contributed by atoms with Gasteiger partial charge in [-0.25, -0.2) is 0 Å². The molecule has 0 aliphatic heterocycles. The van der Waals surface area contributed by atoms with Crippen molar-refractivity contribution in [2.45, 2.75) is 36.4 Å². The quantitative estimate of drug-likeness (QED) is 0.159. The van der Waals surface area contributed by atoms with Crippen molar-refractivity contribution in [3.63, 3.8) is 0 Å². The zero-order valence-corrected chi connectivity index (χ0v) is 21.6. The van der Waals surface area contributed by atoms with E-state index in [1.807, 2.05) is 0 Å². The Bertz CT molecular complexity index is 1110. The van der Waals surface area contributed by atoms with E-state index in [0.29, 0.717) is 11.1 Å². The van der Waals surface area contributed by atoms with Crippen LogP contribution in [-0.2, 0) is 56.0 Å². The van der Waals surface area contributed by atoms with Crippen LogP contribution in [0.25, 0.3) is 0 Å². The predicted molar refractivity (Wildman–Crippen MR) is 123 cm³/mol. The molecule has 0 saturated carbocycles. The van der Waals surface area contributed by atoms with E-state index in [1.54, 1.807) is 60.7 Å². The minimum Gasteiger partial charge on any atom is -0.376 e. The van der Waals surface area contributed by atoms with Crippen LogP contribution in [0.5, 0.6) is 0 Å². The van der Waals surface area contributed by atoms with Crippen LogP contribution < -0.4 is 0 Å². The molecule has 0 fully saturated rings. The van der Waals surface area contributed by atoms with Gasteiger partial charge in [0.25, 0.3) is 0 Å². The molecule has 0 amide bonds. The largest absolute Gasteiger partial charge is 0.523 e. The fourth-order valence-corrected chi connectivity index (χ4v) is 3.59. The summed E-state index contributed by atoms with van der Waals surface area (Å²) >= 11 is 0. The summed E-state index contributed by atoms with van der Waals surface area (Å²) in [6, 6.07) is 16.5. The Morgan fingerprint density at radius 2 is 0.897 bits per heavy atom. The van der Waals surface area contributed by atoms with Gasteiger partial charge in [-0.05, 0) is 11.1 Å². The summed E-state index contributed by atoms with van der Waals surface area (Å²) in [5.41, 5.74) is -10.2. The smallest absolute Gasteiger partial charge is 0.376 e. The third kappa shape index (κ3) is 11.4. The predicted octanol–water partition coefficient (Wildman–Crippen LogP) is 3.91. The third-order valence-electron chi connectivity index (χ3n) is 4.65. The maximum absolute atomic E-state index is 12.6. The molecule has 2 unspecified atom stereocenters. The highest BCUT2D eigenvalue weighted by Gasteiger charge is 2.48. The molecule has 2 rings (SSSR count). The first-order valence-electron chi connectivity index (χ1n) is 10.9. The summed E-state index contributed by atoms with van der Waals surface area (Å²) in [5.74, 6) is 0. The lowest BCUT2D eigenvalue weighted by Crippen LogP contribution is -2.35. The maximum Gasteiger partial charge on any atom is 0.523 e. The van der Waals surface area contributed by atoms with Crippen LogP contribution in [0.15, 0.2) is 60.7 Å². The van der Waals surface area contributed by atoms with Crippen molar-refractivity contribution in [2.24, 2.45) is 0 Å². The molecule has 0 N–H and O–H groups in total. The number of rotatable bonds is 16. The number of benzene rings is 2. The lowest BCUT2D eigenvalue weighted by molar-refractivity contribution is -0.0911. The van der Waals surface area contributed by atoms with Crippen LogP contribution in [0.2, 0.25) is 0 Å². The van der Waals surface area contributed by atoms with E-state index >= 15 is 0 Å². The van der Waals surface area contributed by atoms with Crippen molar-refractivity contribution in [1.29, 1.82) is 0 Å². The molecule has 2 atom stereocenters. The van der Waals surface area contributed by atoms with E-state index in [1.165, 1.54) is 0 Å². The van der Waals surface area contributed by atoms with E-state index in [-0.39, 0.29) is 13.2 Å². The van der Waals surface area contributed by atoms with E-state index in [9.17, 15) is 43.2 Å². The number of hydrogen-bond donors (Lipinski definition) is 0. The number of halogens is 6. The Hall–Kier alpha value is -2.28. The van der Waals surface area contributed by atoms with Gasteiger partial charge in [0.15, 0.2) is 0 Å². The first-order valence-corrected chi connectivity index (χ1v) is 13.7. The SMILES string of the molecule is O=S(=O)(OCC(COCC(COS(=O)(=O)C(F)(F)F)OCc1ccccc1)OCc1ccccc1)C(F)(F)F. The molecule has 0 aliphatic carbocycles. The van der Waals surface area contributed by atoms with Crippen molar-refractivity contribution in [3.8, 4) is 0 Å². The molecule has 2 aromatic rings. The average Bonchev–Trinajstić information content (AvgIpc) is 2.86. The standard InChI is InChI=1S/C22H24F6O9S2/c23-21(24,25)38(29,30)36-15-19(34-11-17-7-3-1-4-8-17)13-33-14-20(16-37-39(31,32)22(26,27)28)35-12-18-9-5-2-6-10-18/h1-10,19-20H,11-16H2. The molecule has 0 saturated heterocycles. The lowest BCUT2D eigenvalue weighted by Gasteiger charge is -2.22. The summed E-state index contributed by atoms with van der Waals surface area (Å²) < 4.78 is 145. The zero-order chi connectivity index (χ0) is 29.2. The molecule has 0 aliphatic rings. The van der Waals surface area contributed by atoms with Crippen LogP contribution in [-0.4, -0.2) is 66.5 Å². The Kier molecular flexibility index (Phi) is 12.1. The fraction of sp³-hybridized carbons (Fsp3) is 0.455. The topological polar surface area (TPSA) is 114 Å². The van der Waals surface area contributed by atoms with Gasteiger partial charge in [-0.1, -0.05) is 60.7 Å². The lowest BCUT2D eigenvalue weighted by atomic mass is 10.2. The second kappa shape index (κ2) is 14.4. The van der Waals surface area contributed by atoms with Crippen LogP contribution in [0.1, 0.15) is 11.1 Å². The Balaban J connectivity index is 2.05. The summed E-state index contributed by atoms with van der Waals surface area (Å²) in [7, 11) is -11.9. The number of ether oxygens (including phenoxy) is 3. The van der Waals surface area contributed by atoms with Crippen molar-refractivity contribution in [3.05, 3.63) is 71.8 Å². The van der Waals surface area contributed by atoms with Gasteiger partial charge in [-0.3, -0.25) is 8.37 Å². The normalized spacial score (nSPS) is 14.7. The molecule has 0 aromatic heterocycles. The van der Waals surface area contributed by atoms with Crippen LogP contribution in [0.4, 0.5) is 26.3 Å². The fourth-order valence-electron chi connectivity index (χ4n) is 2.66. The monoisotopic (exact) mass is 610 g/mol. The molecular formula is C22H24F6O9S2. The molecule has 0 bridgehead atoms. The number of hydrogen-bond acceptors (Lipinski definition) is 9. The van der Waals surface area contributed by atoms with Crippen molar-refractivity contribution < 1.29 is 65.8 Å². The second-order valence-electron chi connectivity index (χ2n) is 7.74. The first-order chi connectivity index (χ1) is 18.1. The van der Waals surface area contributed by atoms with Gasteiger partial charge in [0.05, 0.1) is 39.6 Å². The first kappa shape index (κ1) is 32.9. The molecule has 9 nitrogen and oxygen atoms in total. The van der Waals surface area contributed by atoms with Gasteiger partial charge in [-0.2, -0.15) is 43.2 Å². The molecule has 17 heteroatoms. The van der Waals surface area contributed by atoms with Crippen LogP contribution in [0, 0.1) is 0 Å². The van der Waals surface area contributed by atoms with Crippen LogP contribution >= 0.6 is 0 Å². The van der Waals surface area contributed by atoms with Crippen molar-refractivity contribution in [1.82, 2.24) is 0 Å². The summed E-state index contributed by atoms with van der Waals surface area (Å²) in [5, 5.41) is 0. The van der Waals surface area contributed by atoms with Gasteiger partial charge >= 0.3 is 31.3 Å². The highest BCUT2D eigenvalue weighted by atomic mass is 32.2. The summed E-state index contributed by atoms with van der Waals surface area (Å²) in [6.45, 7) is -3.77.